The zero-order chi connectivity index (χ0) is 18.1. The number of nitro benzene ring substituents is 1. The van der Waals surface area contributed by atoms with Crippen LogP contribution in [0.15, 0.2) is 84.9 Å². The second-order valence-electron chi connectivity index (χ2n) is 6.23. The number of β-lactam (4-membered cyclic amide) rings is 1. The van der Waals surface area contributed by atoms with Crippen molar-refractivity contribution in [2.45, 2.75) is 12.0 Å². The maximum atomic E-state index is 13.0. The average molecular weight is 344 g/mol. The molecule has 128 valence electrons. The van der Waals surface area contributed by atoms with Crippen LogP contribution < -0.4 is 4.90 Å². The lowest BCUT2D eigenvalue weighted by Crippen LogP contribution is -2.53. The first-order valence-electron chi connectivity index (χ1n) is 8.34. The van der Waals surface area contributed by atoms with Crippen molar-refractivity contribution in [3.63, 3.8) is 0 Å². The van der Waals surface area contributed by atoms with Crippen molar-refractivity contribution in [1.29, 1.82) is 0 Å². The molecule has 0 aromatic heterocycles. The van der Waals surface area contributed by atoms with Gasteiger partial charge in [0.2, 0.25) is 5.91 Å². The summed E-state index contributed by atoms with van der Waals surface area (Å²) >= 11 is 0. The SMILES string of the molecule is O=C1[C@@H](c2ccccc2)[C@@H](c2cccc([N+](=O)[O-])c2)N1c1ccccc1. The molecule has 5 nitrogen and oxygen atoms in total. The molecule has 0 spiro atoms. The molecule has 2 atom stereocenters. The number of hydrogen-bond donors (Lipinski definition) is 0. The predicted octanol–water partition coefficient (Wildman–Crippen LogP) is 4.47. The zero-order valence-electron chi connectivity index (χ0n) is 13.9. The topological polar surface area (TPSA) is 63.4 Å². The molecule has 0 saturated carbocycles. The lowest BCUT2D eigenvalue weighted by atomic mass is 9.77. The summed E-state index contributed by atoms with van der Waals surface area (Å²) < 4.78 is 0. The number of anilines is 1. The van der Waals surface area contributed by atoms with E-state index in [1.54, 1.807) is 17.0 Å². The Labute approximate surface area is 150 Å². The largest absolute Gasteiger partial charge is 0.303 e. The summed E-state index contributed by atoms with van der Waals surface area (Å²) in [5.41, 5.74) is 2.50. The average Bonchev–Trinajstić information content (AvgIpc) is 2.68. The van der Waals surface area contributed by atoms with Crippen molar-refractivity contribution in [2.24, 2.45) is 0 Å². The molecule has 0 aliphatic carbocycles. The third-order valence-electron chi connectivity index (χ3n) is 4.71. The van der Waals surface area contributed by atoms with Gasteiger partial charge in [0, 0.05) is 17.8 Å². The van der Waals surface area contributed by atoms with E-state index in [-0.39, 0.29) is 23.6 Å². The van der Waals surface area contributed by atoms with E-state index < -0.39 is 4.92 Å². The Morgan fingerprint density at radius 2 is 1.42 bits per heavy atom. The van der Waals surface area contributed by atoms with Crippen molar-refractivity contribution in [3.8, 4) is 0 Å². The van der Waals surface area contributed by atoms with Crippen molar-refractivity contribution < 1.29 is 9.72 Å². The van der Waals surface area contributed by atoms with Crippen LogP contribution >= 0.6 is 0 Å². The summed E-state index contributed by atoms with van der Waals surface area (Å²) in [6, 6.07) is 25.2. The van der Waals surface area contributed by atoms with E-state index in [4.69, 9.17) is 0 Å². The van der Waals surface area contributed by atoms with Gasteiger partial charge in [-0.1, -0.05) is 60.7 Å². The quantitative estimate of drug-likeness (QED) is 0.398. The van der Waals surface area contributed by atoms with E-state index in [2.05, 4.69) is 0 Å². The Balaban J connectivity index is 1.80. The molecule has 0 bridgehead atoms. The summed E-state index contributed by atoms with van der Waals surface area (Å²) in [6.07, 6.45) is 0. The van der Waals surface area contributed by atoms with Gasteiger partial charge in [-0.2, -0.15) is 0 Å². The van der Waals surface area contributed by atoms with Crippen molar-refractivity contribution in [1.82, 2.24) is 0 Å². The lowest BCUT2D eigenvalue weighted by molar-refractivity contribution is -0.384. The molecule has 1 amide bonds. The number of para-hydroxylation sites is 1. The number of non-ortho nitro benzene ring substituents is 1. The van der Waals surface area contributed by atoms with Crippen molar-refractivity contribution in [3.05, 3.63) is 106 Å². The second-order valence-corrected chi connectivity index (χ2v) is 6.23. The molecule has 3 aromatic carbocycles. The van der Waals surface area contributed by atoms with Gasteiger partial charge in [-0.3, -0.25) is 14.9 Å². The number of hydrogen-bond acceptors (Lipinski definition) is 3. The Hall–Kier alpha value is -3.47. The zero-order valence-corrected chi connectivity index (χ0v) is 13.9. The molecule has 5 heteroatoms. The van der Waals surface area contributed by atoms with Crippen molar-refractivity contribution in [2.75, 3.05) is 4.90 Å². The number of carbonyl (C=O) groups excluding carboxylic acids is 1. The van der Waals surface area contributed by atoms with E-state index in [0.29, 0.717) is 0 Å². The van der Waals surface area contributed by atoms with Crippen LogP contribution in [0.3, 0.4) is 0 Å². The second kappa shape index (κ2) is 6.44. The van der Waals surface area contributed by atoms with Gasteiger partial charge in [0.1, 0.15) is 0 Å². The number of amides is 1. The van der Waals surface area contributed by atoms with Crippen molar-refractivity contribution >= 4 is 17.3 Å². The number of benzene rings is 3. The number of rotatable bonds is 4. The lowest BCUT2D eigenvalue weighted by Gasteiger charge is -2.47. The molecule has 26 heavy (non-hydrogen) atoms. The van der Waals surface area contributed by atoms with Crippen LogP contribution in [0.1, 0.15) is 23.1 Å². The van der Waals surface area contributed by atoms with Gasteiger partial charge in [0.25, 0.3) is 5.69 Å². The summed E-state index contributed by atoms with van der Waals surface area (Å²) in [5, 5.41) is 11.2. The molecule has 0 N–H and O–H groups in total. The molecule has 1 aliphatic rings. The third kappa shape index (κ3) is 2.63. The molecule has 0 unspecified atom stereocenters. The van der Waals surface area contributed by atoms with Crippen LogP contribution in [-0.4, -0.2) is 10.8 Å². The maximum Gasteiger partial charge on any atom is 0.269 e. The highest BCUT2D eigenvalue weighted by atomic mass is 16.6. The van der Waals surface area contributed by atoms with Gasteiger partial charge in [0.05, 0.1) is 16.9 Å². The minimum Gasteiger partial charge on any atom is -0.303 e. The molecule has 1 saturated heterocycles. The first kappa shape index (κ1) is 16.0. The minimum absolute atomic E-state index is 0.00101. The standard InChI is InChI=1S/C21H16N2O3/c24-21-19(15-8-3-1-4-9-15)20(22(21)17-11-5-2-6-12-17)16-10-7-13-18(14-16)23(25)26/h1-14,19-20H/t19-,20+/m0/s1. The molecule has 3 aromatic rings. The summed E-state index contributed by atoms with van der Waals surface area (Å²) in [5.74, 6) is -0.350. The molecular formula is C21H16N2O3. The monoisotopic (exact) mass is 344 g/mol. The van der Waals surface area contributed by atoms with E-state index in [1.807, 2.05) is 66.7 Å². The Kier molecular flexibility index (Phi) is 3.97. The maximum absolute atomic E-state index is 13.0. The molecule has 1 fully saturated rings. The van der Waals surface area contributed by atoms with E-state index in [9.17, 15) is 14.9 Å². The highest BCUT2D eigenvalue weighted by Crippen LogP contribution is 2.49. The molecule has 1 aliphatic heterocycles. The fraction of sp³-hybridized carbons (Fsp3) is 0.0952. The smallest absolute Gasteiger partial charge is 0.269 e. The van der Waals surface area contributed by atoms with Crippen LogP contribution in [0, 0.1) is 10.1 Å². The van der Waals surface area contributed by atoms with Gasteiger partial charge in [-0.15, -0.1) is 0 Å². The highest BCUT2D eigenvalue weighted by molar-refractivity contribution is 6.06. The van der Waals surface area contributed by atoms with Crippen LogP contribution in [-0.2, 0) is 4.79 Å². The normalized spacial score (nSPS) is 19.1. The fourth-order valence-electron chi connectivity index (χ4n) is 3.51. The van der Waals surface area contributed by atoms with Crippen LogP contribution in [0.5, 0.6) is 0 Å². The number of carbonyl (C=O) groups is 1. The Bertz CT molecular complexity index is 908. The molecule has 1 heterocycles. The number of nitrogens with zero attached hydrogens (tertiary/aromatic N) is 2. The fourth-order valence-corrected chi connectivity index (χ4v) is 3.51. The van der Waals surface area contributed by atoms with E-state index in [0.717, 1.165) is 16.8 Å². The Morgan fingerprint density at radius 3 is 2.08 bits per heavy atom. The minimum atomic E-state index is -0.408. The van der Waals surface area contributed by atoms with Gasteiger partial charge >= 0.3 is 0 Å². The summed E-state index contributed by atoms with van der Waals surface area (Å²) in [7, 11) is 0. The van der Waals surface area contributed by atoms with Gasteiger partial charge in [-0.05, 0) is 23.3 Å². The van der Waals surface area contributed by atoms with E-state index >= 15 is 0 Å². The Morgan fingerprint density at radius 1 is 0.808 bits per heavy atom. The molecule has 0 radical (unpaired) electrons. The number of nitro groups is 1. The van der Waals surface area contributed by atoms with Crippen LogP contribution in [0.2, 0.25) is 0 Å². The first-order valence-corrected chi connectivity index (χ1v) is 8.34. The summed E-state index contributed by atoms with van der Waals surface area (Å²) in [4.78, 5) is 25.4. The highest BCUT2D eigenvalue weighted by Gasteiger charge is 2.49. The summed E-state index contributed by atoms with van der Waals surface area (Å²) in [6.45, 7) is 0. The molecule has 4 rings (SSSR count). The van der Waals surface area contributed by atoms with E-state index in [1.165, 1.54) is 6.07 Å². The third-order valence-corrected chi connectivity index (χ3v) is 4.71. The van der Waals surface area contributed by atoms with Crippen LogP contribution in [0.4, 0.5) is 11.4 Å². The predicted molar refractivity (Wildman–Crippen MR) is 98.9 cm³/mol. The van der Waals surface area contributed by atoms with Crippen LogP contribution in [0.25, 0.3) is 0 Å². The molecular weight excluding hydrogens is 328 g/mol. The van der Waals surface area contributed by atoms with Gasteiger partial charge in [-0.25, -0.2) is 0 Å². The van der Waals surface area contributed by atoms with Gasteiger partial charge in [0.15, 0.2) is 0 Å². The van der Waals surface area contributed by atoms with Gasteiger partial charge < -0.3 is 4.90 Å². The first-order chi connectivity index (χ1) is 12.7.